The van der Waals surface area contributed by atoms with Gasteiger partial charge in [-0.1, -0.05) is 30.3 Å². The lowest BCUT2D eigenvalue weighted by Crippen LogP contribution is -2.42. The number of ether oxygens (including phenoxy) is 1. The summed E-state index contributed by atoms with van der Waals surface area (Å²) in [7, 11) is 0. The monoisotopic (exact) mass is 293 g/mol. The molecule has 0 fully saturated rings. The minimum Gasteiger partial charge on any atom is -0.481 e. The maximum atomic E-state index is 12.0. The zero-order valence-corrected chi connectivity index (χ0v) is 12.5. The standard InChI is InChI=1S/C16H23NO4/c1-3-21-12(2)16(20)17-14(9-10-15(18)19)11-13-7-5-4-6-8-13/h4-8,12,14H,3,9-11H2,1-2H3,(H,17,20)(H,18,19). The Morgan fingerprint density at radius 2 is 1.95 bits per heavy atom. The van der Waals surface area contributed by atoms with Crippen molar-refractivity contribution in [3.63, 3.8) is 0 Å². The number of carbonyl (C=O) groups is 2. The molecule has 0 heterocycles. The summed E-state index contributed by atoms with van der Waals surface area (Å²) in [6.07, 6.45) is 0.506. The van der Waals surface area contributed by atoms with Gasteiger partial charge in [0.25, 0.3) is 0 Å². The lowest BCUT2D eigenvalue weighted by atomic mass is 10.0. The van der Waals surface area contributed by atoms with E-state index in [1.165, 1.54) is 0 Å². The van der Waals surface area contributed by atoms with Crippen molar-refractivity contribution >= 4 is 11.9 Å². The van der Waals surface area contributed by atoms with Gasteiger partial charge in [0.15, 0.2) is 0 Å². The molecule has 116 valence electrons. The summed E-state index contributed by atoms with van der Waals surface area (Å²) in [5.74, 6) is -1.07. The Kier molecular flexibility index (Phi) is 7.46. The van der Waals surface area contributed by atoms with Crippen molar-refractivity contribution in [3.8, 4) is 0 Å². The van der Waals surface area contributed by atoms with Crippen LogP contribution in [-0.2, 0) is 20.7 Å². The number of carboxylic acids is 1. The molecule has 1 rings (SSSR count). The van der Waals surface area contributed by atoms with E-state index in [1.807, 2.05) is 37.3 Å². The molecule has 5 nitrogen and oxygen atoms in total. The second-order valence-electron chi connectivity index (χ2n) is 4.93. The van der Waals surface area contributed by atoms with E-state index in [9.17, 15) is 9.59 Å². The van der Waals surface area contributed by atoms with Crippen molar-refractivity contribution in [3.05, 3.63) is 35.9 Å². The maximum absolute atomic E-state index is 12.0. The van der Waals surface area contributed by atoms with Gasteiger partial charge >= 0.3 is 5.97 Å². The van der Waals surface area contributed by atoms with Crippen molar-refractivity contribution in [2.45, 2.75) is 45.3 Å². The highest BCUT2D eigenvalue weighted by molar-refractivity contribution is 5.80. The molecule has 0 aliphatic rings. The van der Waals surface area contributed by atoms with Crippen molar-refractivity contribution in [1.29, 1.82) is 0 Å². The number of aliphatic carboxylic acids is 1. The molecule has 0 spiro atoms. The van der Waals surface area contributed by atoms with Crippen molar-refractivity contribution in [2.75, 3.05) is 6.61 Å². The van der Waals surface area contributed by atoms with Crippen LogP contribution >= 0.6 is 0 Å². The quantitative estimate of drug-likeness (QED) is 0.730. The van der Waals surface area contributed by atoms with Gasteiger partial charge in [0.1, 0.15) is 6.10 Å². The summed E-state index contributed by atoms with van der Waals surface area (Å²) in [5.41, 5.74) is 1.07. The van der Waals surface area contributed by atoms with Crippen LogP contribution in [0, 0.1) is 0 Å². The van der Waals surface area contributed by atoms with Crippen LogP contribution in [0.4, 0.5) is 0 Å². The third-order valence-corrected chi connectivity index (χ3v) is 3.16. The molecule has 2 N–H and O–H groups in total. The molecule has 0 bridgehead atoms. The van der Waals surface area contributed by atoms with Gasteiger partial charge in [-0.05, 0) is 32.3 Å². The maximum Gasteiger partial charge on any atom is 0.303 e. The SMILES string of the molecule is CCOC(C)C(=O)NC(CCC(=O)O)Cc1ccccc1. The van der Waals surface area contributed by atoms with Gasteiger partial charge in [-0.25, -0.2) is 0 Å². The lowest BCUT2D eigenvalue weighted by molar-refractivity contribution is -0.138. The third kappa shape index (κ3) is 6.90. The molecule has 5 heteroatoms. The van der Waals surface area contributed by atoms with Crippen molar-refractivity contribution in [2.24, 2.45) is 0 Å². The zero-order valence-electron chi connectivity index (χ0n) is 12.5. The number of rotatable bonds is 9. The molecule has 1 aromatic rings. The second kappa shape index (κ2) is 9.13. The first-order valence-electron chi connectivity index (χ1n) is 7.20. The summed E-state index contributed by atoms with van der Waals surface area (Å²) in [4.78, 5) is 22.7. The van der Waals surface area contributed by atoms with Gasteiger partial charge in [0, 0.05) is 19.1 Å². The topological polar surface area (TPSA) is 75.6 Å². The van der Waals surface area contributed by atoms with Crippen LogP contribution in [0.5, 0.6) is 0 Å². The molecular weight excluding hydrogens is 270 g/mol. The Bertz CT molecular complexity index is 447. The number of carbonyl (C=O) groups excluding carboxylic acids is 1. The predicted molar refractivity (Wildman–Crippen MR) is 80.0 cm³/mol. The predicted octanol–water partition coefficient (Wildman–Crippen LogP) is 2.00. The number of nitrogens with one attached hydrogen (secondary N) is 1. The smallest absolute Gasteiger partial charge is 0.303 e. The summed E-state index contributed by atoms with van der Waals surface area (Å²) < 4.78 is 5.25. The van der Waals surface area contributed by atoms with E-state index in [0.717, 1.165) is 5.56 Å². The third-order valence-electron chi connectivity index (χ3n) is 3.16. The first-order chi connectivity index (χ1) is 10.0. The molecule has 0 saturated heterocycles. The molecule has 0 radical (unpaired) electrons. The number of benzene rings is 1. The van der Waals surface area contributed by atoms with E-state index < -0.39 is 12.1 Å². The molecule has 0 aliphatic heterocycles. The number of amides is 1. The fraction of sp³-hybridized carbons (Fsp3) is 0.500. The van der Waals surface area contributed by atoms with Crippen LogP contribution in [0.2, 0.25) is 0 Å². The Morgan fingerprint density at radius 3 is 2.52 bits per heavy atom. The van der Waals surface area contributed by atoms with Gasteiger partial charge in [-0.3, -0.25) is 9.59 Å². The molecule has 0 saturated carbocycles. The fourth-order valence-corrected chi connectivity index (χ4v) is 2.07. The number of hydrogen-bond donors (Lipinski definition) is 2. The molecule has 1 amide bonds. The summed E-state index contributed by atoms with van der Waals surface area (Å²) >= 11 is 0. The van der Waals surface area contributed by atoms with E-state index >= 15 is 0 Å². The summed E-state index contributed by atoms with van der Waals surface area (Å²) in [6.45, 7) is 3.98. The van der Waals surface area contributed by atoms with Crippen LogP contribution in [-0.4, -0.2) is 35.7 Å². The van der Waals surface area contributed by atoms with E-state index in [-0.39, 0.29) is 18.4 Å². The molecule has 21 heavy (non-hydrogen) atoms. The first kappa shape index (κ1) is 17.2. The number of carboxylic acid groups (broad SMARTS) is 1. The molecule has 1 aromatic carbocycles. The Balaban J connectivity index is 2.63. The molecule has 0 aromatic heterocycles. The van der Waals surface area contributed by atoms with Crippen LogP contribution in [0.3, 0.4) is 0 Å². The van der Waals surface area contributed by atoms with Gasteiger partial charge in [-0.2, -0.15) is 0 Å². The highest BCUT2D eigenvalue weighted by atomic mass is 16.5. The minimum absolute atomic E-state index is 0.0286. The van der Waals surface area contributed by atoms with E-state index in [2.05, 4.69) is 5.32 Å². The van der Waals surface area contributed by atoms with Crippen LogP contribution in [0.1, 0.15) is 32.3 Å². The van der Waals surface area contributed by atoms with E-state index in [1.54, 1.807) is 6.92 Å². The highest BCUT2D eigenvalue weighted by Gasteiger charge is 2.19. The Labute approximate surface area is 125 Å². The van der Waals surface area contributed by atoms with E-state index in [0.29, 0.717) is 19.4 Å². The van der Waals surface area contributed by atoms with Crippen molar-refractivity contribution < 1.29 is 19.4 Å². The molecular formula is C16H23NO4. The lowest BCUT2D eigenvalue weighted by Gasteiger charge is -2.20. The normalized spacial score (nSPS) is 13.4. The average molecular weight is 293 g/mol. The van der Waals surface area contributed by atoms with Crippen molar-refractivity contribution in [1.82, 2.24) is 5.32 Å². The average Bonchev–Trinajstić information content (AvgIpc) is 2.46. The van der Waals surface area contributed by atoms with Crippen LogP contribution in [0.25, 0.3) is 0 Å². The van der Waals surface area contributed by atoms with E-state index in [4.69, 9.17) is 9.84 Å². The van der Waals surface area contributed by atoms with Gasteiger partial charge in [0.05, 0.1) is 0 Å². The molecule has 0 aliphatic carbocycles. The molecule has 2 atom stereocenters. The van der Waals surface area contributed by atoms with Crippen LogP contribution < -0.4 is 5.32 Å². The molecule has 2 unspecified atom stereocenters. The zero-order chi connectivity index (χ0) is 15.7. The highest BCUT2D eigenvalue weighted by Crippen LogP contribution is 2.08. The largest absolute Gasteiger partial charge is 0.481 e. The van der Waals surface area contributed by atoms with Gasteiger partial charge < -0.3 is 15.2 Å². The number of hydrogen-bond acceptors (Lipinski definition) is 3. The summed E-state index contributed by atoms with van der Waals surface area (Å²) in [5, 5.41) is 11.7. The first-order valence-corrected chi connectivity index (χ1v) is 7.20. The van der Waals surface area contributed by atoms with Gasteiger partial charge in [-0.15, -0.1) is 0 Å². The second-order valence-corrected chi connectivity index (χ2v) is 4.93. The van der Waals surface area contributed by atoms with Gasteiger partial charge in [0.2, 0.25) is 5.91 Å². The Morgan fingerprint density at radius 1 is 1.29 bits per heavy atom. The fourth-order valence-electron chi connectivity index (χ4n) is 2.07. The summed E-state index contributed by atoms with van der Waals surface area (Å²) in [6, 6.07) is 9.49. The Hall–Kier alpha value is -1.88. The minimum atomic E-state index is -0.861. The van der Waals surface area contributed by atoms with Crippen LogP contribution in [0.15, 0.2) is 30.3 Å².